The molecule has 0 saturated heterocycles. The minimum absolute atomic E-state index is 0.185. The van der Waals surface area contributed by atoms with Crippen LogP contribution in [0.3, 0.4) is 0 Å². The molecule has 0 aliphatic heterocycles. The molecule has 1 rings (SSSR count). The lowest BCUT2D eigenvalue weighted by atomic mass is 10.6. The van der Waals surface area contributed by atoms with Gasteiger partial charge >= 0.3 is 0 Å². The molecule has 3 N–H and O–H groups in total. The summed E-state index contributed by atoms with van der Waals surface area (Å²) in [6, 6.07) is 0. The number of H-pyrrole nitrogens is 1. The quantitative estimate of drug-likeness (QED) is 0.526. The molecule has 0 fully saturated rings. The Kier molecular flexibility index (Phi) is 1.35. The molecule has 0 bridgehead atoms. The summed E-state index contributed by atoms with van der Waals surface area (Å²) in [6.45, 7) is 0.282. The summed E-state index contributed by atoms with van der Waals surface area (Å²) in [5, 5.41) is 5.88. The van der Waals surface area contributed by atoms with Crippen molar-refractivity contribution in [1.29, 1.82) is 0 Å². The molecule has 0 spiro atoms. The van der Waals surface area contributed by atoms with Gasteiger partial charge in [-0.15, -0.1) is 0 Å². The highest BCUT2D eigenvalue weighted by Gasteiger charge is 1.98. The van der Waals surface area contributed by atoms with Crippen molar-refractivity contribution < 1.29 is 9.53 Å². The van der Waals surface area contributed by atoms with Crippen molar-refractivity contribution in [2.24, 2.45) is 0 Å². The van der Waals surface area contributed by atoms with Gasteiger partial charge in [0.1, 0.15) is 5.69 Å². The van der Waals surface area contributed by atoms with Gasteiger partial charge in [-0.2, -0.15) is 5.10 Å². The van der Waals surface area contributed by atoms with Gasteiger partial charge in [-0.3, -0.25) is 4.79 Å². The average molecular weight is 127 g/mol. The number of rotatable bonds is 2. The number of carbonyl (C=O) groups excluding carboxylic acids is 1. The largest absolute Gasteiger partial charge is 0.408 e. The monoisotopic (exact) mass is 127 g/mol. The number of hydrogen-bond donors (Lipinski definition) is 2. The Morgan fingerprint density at radius 3 is 3.11 bits per heavy atom. The van der Waals surface area contributed by atoms with Crippen LogP contribution in [0.1, 0.15) is 0 Å². The van der Waals surface area contributed by atoms with E-state index in [9.17, 15) is 4.79 Å². The lowest BCUT2D eigenvalue weighted by molar-refractivity contribution is -0.120. The number of anilines is 1. The molecule has 0 unspecified atom stereocenters. The van der Waals surface area contributed by atoms with Crippen molar-refractivity contribution in [3.05, 3.63) is 6.20 Å². The van der Waals surface area contributed by atoms with E-state index in [4.69, 9.17) is 5.73 Å². The molecule has 9 heavy (non-hydrogen) atoms. The number of nitrogens with zero attached hydrogens (tertiary/aromatic N) is 1. The molecule has 0 atom stereocenters. The highest BCUT2D eigenvalue weighted by atomic mass is 16.5. The maximum absolute atomic E-state index is 9.70. The zero-order valence-electron chi connectivity index (χ0n) is 4.50. The average Bonchev–Trinajstić information content (AvgIpc) is 2.18. The fourth-order valence-corrected chi connectivity index (χ4v) is 0.426. The molecule has 0 aliphatic carbocycles. The highest BCUT2D eigenvalue weighted by molar-refractivity contribution is 5.52. The molecule has 0 saturated carbocycles. The molecule has 1 aromatic heterocycles. The van der Waals surface area contributed by atoms with Crippen LogP contribution in [0.25, 0.3) is 0 Å². The van der Waals surface area contributed by atoms with Crippen LogP contribution in [-0.4, -0.2) is 16.7 Å². The lowest BCUT2D eigenvalue weighted by Crippen LogP contribution is -1.92. The van der Waals surface area contributed by atoms with E-state index >= 15 is 0 Å². The summed E-state index contributed by atoms with van der Waals surface area (Å²) in [6.07, 6.45) is 1.36. The maximum atomic E-state index is 9.70. The summed E-state index contributed by atoms with van der Waals surface area (Å²) in [7, 11) is 0. The first-order chi connectivity index (χ1) is 4.34. The van der Waals surface area contributed by atoms with Crippen molar-refractivity contribution >= 4 is 12.2 Å². The second-order valence-electron chi connectivity index (χ2n) is 1.37. The SMILES string of the molecule is Nc1cn[nH]c1OC=O. The van der Waals surface area contributed by atoms with Gasteiger partial charge in [-0.1, -0.05) is 0 Å². The van der Waals surface area contributed by atoms with Crippen molar-refractivity contribution in [3.8, 4) is 5.88 Å². The molecule has 0 aliphatic rings. The second-order valence-corrected chi connectivity index (χ2v) is 1.37. The van der Waals surface area contributed by atoms with Gasteiger partial charge in [0.25, 0.3) is 6.47 Å². The summed E-state index contributed by atoms with van der Waals surface area (Å²) in [5.41, 5.74) is 5.57. The standard InChI is InChI=1S/C4H5N3O2/c5-3-1-6-7-4(3)9-2-8/h1-2H,5H2,(H,6,7). The molecular formula is C4H5N3O2. The van der Waals surface area contributed by atoms with Crippen molar-refractivity contribution in [2.45, 2.75) is 0 Å². The molecular weight excluding hydrogens is 122 g/mol. The van der Waals surface area contributed by atoms with Gasteiger partial charge in [0.05, 0.1) is 6.20 Å². The molecule has 1 heterocycles. The summed E-state index contributed by atoms with van der Waals surface area (Å²) in [4.78, 5) is 9.70. The van der Waals surface area contributed by atoms with Gasteiger partial charge in [0, 0.05) is 0 Å². The maximum Gasteiger partial charge on any atom is 0.299 e. The van der Waals surface area contributed by atoms with Gasteiger partial charge < -0.3 is 10.5 Å². The van der Waals surface area contributed by atoms with E-state index in [2.05, 4.69) is 14.9 Å². The Morgan fingerprint density at radius 2 is 2.67 bits per heavy atom. The van der Waals surface area contributed by atoms with Crippen molar-refractivity contribution in [3.63, 3.8) is 0 Å². The Balaban J connectivity index is 2.80. The number of aromatic nitrogens is 2. The number of nitrogen functional groups attached to an aromatic ring is 1. The fourth-order valence-electron chi connectivity index (χ4n) is 0.426. The zero-order chi connectivity index (χ0) is 6.69. The van der Waals surface area contributed by atoms with Gasteiger partial charge in [0.2, 0.25) is 5.88 Å². The number of hydrogen-bond acceptors (Lipinski definition) is 4. The molecule has 48 valence electrons. The van der Waals surface area contributed by atoms with Crippen molar-refractivity contribution in [2.75, 3.05) is 5.73 Å². The van der Waals surface area contributed by atoms with E-state index in [0.29, 0.717) is 5.69 Å². The predicted molar refractivity (Wildman–Crippen MR) is 29.7 cm³/mol. The first-order valence-corrected chi connectivity index (χ1v) is 2.23. The molecule has 0 amide bonds. The number of nitrogens with two attached hydrogens (primary N) is 1. The third kappa shape index (κ3) is 0.987. The predicted octanol–water partition coefficient (Wildman–Crippen LogP) is -0.473. The van der Waals surface area contributed by atoms with Crippen LogP contribution in [0.2, 0.25) is 0 Å². The van der Waals surface area contributed by atoms with Crippen LogP contribution in [0.5, 0.6) is 5.88 Å². The van der Waals surface area contributed by atoms with E-state index in [-0.39, 0.29) is 12.4 Å². The third-order valence-corrected chi connectivity index (χ3v) is 0.798. The van der Waals surface area contributed by atoms with E-state index in [1.54, 1.807) is 0 Å². The lowest BCUT2D eigenvalue weighted by Gasteiger charge is -1.89. The van der Waals surface area contributed by atoms with E-state index in [1.807, 2.05) is 0 Å². The van der Waals surface area contributed by atoms with Crippen molar-refractivity contribution in [1.82, 2.24) is 10.2 Å². The Hall–Kier alpha value is -1.52. The van der Waals surface area contributed by atoms with Crippen LogP contribution in [-0.2, 0) is 4.79 Å². The minimum Gasteiger partial charge on any atom is -0.408 e. The van der Waals surface area contributed by atoms with E-state index in [0.717, 1.165) is 0 Å². The molecule has 5 nitrogen and oxygen atoms in total. The first kappa shape index (κ1) is 5.61. The second kappa shape index (κ2) is 2.17. The molecule has 5 heteroatoms. The van der Waals surface area contributed by atoms with Gasteiger partial charge in [-0.05, 0) is 0 Å². The van der Waals surface area contributed by atoms with Crippen LogP contribution < -0.4 is 10.5 Å². The fraction of sp³-hybridized carbons (Fsp3) is 0. The number of nitrogens with one attached hydrogen (secondary N) is 1. The molecule has 1 aromatic rings. The van der Waals surface area contributed by atoms with Crippen LogP contribution in [0.15, 0.2) is 6.20 Å². The smallest absolute Gasteiger partial charge is 0.299 e. The van der Waals surface area contributed by atoms with Crippen LogP contribution >= 0.6 is 0 Å². The number of ether oxygens (including phenoxy) is 1. The topological polar surface area (TPSA) is 81.0 Å². The highest BCUT2D eigenvalue weighted by Crippen LogP contribution is 2.13. The Morgan fingerprint density at radius 1 is 1.89 bits per heavy atom. The Labute approximate surface area is 50.8 Å². The van der Waals surface area contributed by atoms with Crippen LogP contribution in [0.4, 0.5) is 5.69 Å². The summed E-state index contributed by atoms with van der Waals surface area (Å²) >= 11 is 0. The normalized spacial score (nSPS) is 8.89. The zero-order valence-corrected chi connectivity index (χ0v) is 4.50. The summed E-state index contributed by atoms with van der Waals surface area (Å²) < 4.78 is 4.35. The number of aromatic amines is 1. The Bertz CT molecular complexity index is 207. The molecule has 0 radical (unpaired) electrons. The van der Waals surface area contributed by atoms with Gasteiger partial charge in [0.15, 0.2) is 0 Å². The number of carbonyl (C=O) groups is 1. The first-order valence-electron chi connectivity index (χ1n) is 2.23. The third-order valence-electron chi connectivity index (χ3n) is 0.798. The molecule has 0 aromatic carbocycles. The van der Waals surface area contributed by atoms with E-state index in [1.165, 1.54) is 6.20 Å². The minimum atomic E-state index is 0.185. The van der Waals surface area contributed by atoms with Crippen LogP contribution in [0, 0.1) is 0 Å². The van der Waals surface area contributed by atoms with Gasteiger partial charge in [-0.25, -0.2) is 5.10 Å². The summed E-state index contributed by atoms with van der Waals surface area (Å²) in [5.74, 6) is 0.185. The van der Waals surface area contributed by atoms with E-state index < -0.39 is 0 Å².